The van der Waals surface area contributed by atoms with Crippen molar-refractivity contribution in [2.24, 2.45) is 0 Å². The van der Waals surface area contributed by atoms with E-state index in [0.29, 0.717) is 19.3 Å². The average Bonchev–Trinajstić information content (AvgIpc) is 2.65. The summed E-state index contributed by atoms with van der Waals surface area (Å²) in [6, 6.07) is -0.294. The predicted octanol–water partition coefficient (Wildman–Crippen LogP) is -0.415. The summed E-state index contributed by atoms with van der Waals surface area (Å²) in [4.78, 5) is 23.5. The molecule has 0 aromatic heterocycles. The summed E-state index contributed by atoms with van der Waals surface area (Å²) >= 11 is 0. The Kier molecular flexibility index (Phi) is 5.37. The van der Waals surface area contributed by atoms with Crippen LogP contribution in [-0.2, 0) is 9.59 Å². The molecule has 6 heteroatoms. The number of aliphatic hydroxyl groups is 2. The van der Waals surface area contributed by atoms with E-state index in [1.54, 1.807) is 0 Å². The van der Waals surface area contributed by atoms with Gasteiger partial charge >= 0.3 is 5.97 Å². The van der Waals surface area contributed by atoms with Crippen LogP contribution in [0.2, 0.25) is 0 Å². The quantitative estimate of drug-likeness (QED) is 0.552. The molecule has 0 aromatic rings. The molecule has 1 rings (SSSR count). The molecule has 3 N–H and O–H groups in total. The number of likely N-dealkylation sites (tertiary alicyclic amines) is 1. The van der Waals surface area contributed by atoms with Gasteiger partial charge in [0.2, 0.25) is 5.91 Å². The van der Waals surface area contributed by atoms with E-state index in [1.807, 2.05) is 0 Å². The highest BCUT2D eigenvalue weighted by molar-refractivity contribution is 5.77. The number of carboxylic acid groups (broad SMARTS) is 1. The van der Waals surface area contributed by atoms with E-state index >= 15 is 0 Å². The standard InChI is InChI=1S/C11H19NO5/c13-7-8-5-9(14)6-12(8)10(15)3-1-2-4-11(16)17/h8-9,13-14H,1-7H2,(H,16,17)/t8-,9+/m0/s1. The van der Waals surface area contributed by atoms with Gasteiger partial charge in [-0.2, -0.15) is 0 Å². The van der Waals surface area contributed by atoms with E-state index in [-0.39, 0.29) is 37.9 Å². The van der Waals surface area contributed by atoms with Gasteiger partial charge in [0.25, 0.3) is 0 Å². The lowest BCUT2D eigenvalue weighted by Crippen LogP contribution is -2.37. The molecule has 6 nitrogen and oxygen atoms in total. The van der Waals surface area contributed by atoms with Crippen LogP contribution >= 0.6 is 0 Å². The lowest BCUT2D eigenvalue weighted by atomic mass is 10.1. The molecule has 0 spiro atoms. The molecule has 1 heterocycles. The van der Waals surface area contributed by atoms with Gasteiger partial charge in [0.1, 0.15) is 0 Å². The minimum Gasteiger partial charge on any atom is -0.481 e. The first-order chi connectivity index (χ1) is 8.04. The third-order valence-electron chi connectivity index (χ3n) is 2.95. The highest BCUT2D eigenvalue weighted by Gasteiger charge is 2.33. The number of carbonyl (C=O) groups is 2. The molecule has 0 aromatic carbocycles. The fourth-order valence-corrected chi connectivity index (χ4v) is 2.07. The van der Waals surface area contributed by atoms with Crippen molar-refractivity contribution in [3.8, 4) is 0 Å². The Hall–Kier alpha value is -1.14. The highest BCUT2D eigenvalue weighted by Crippen LogP contribution is 2.19. The zero-order valence-corrected chi connectivity index (χ0v) is 9.71. The number of aliphatic carboxylic acids is 1. The van der Waals surface area contributed by atoms with E-state index < -0.39 is 12.1 Å². The Morgan fingerprint density at radius 3 is 2.47 bits per heavy atom. The van der Waals surface area contributed by atoms with Crippen molar-refractivity contribution in [2.75, 3.05) is 13.2 Å². The topological polar surface area (TPSA) is 98.1 Å². The molecule has 98 valence electrons. The van der Waals surface area contributed by atoms with E-state index in [9.17, 15) is 14.7 Å². The number of hydrogen-bond acceptors (Lipinski definition) is 4. The Balaban J connectivity index is 2.29. The highest BCUT2D eigenvalue weighted by atomic mass is 16.4. The van der Waals surface area contributed by atoms with E-state index in [0.717, 1.165) is 0 Å². The van der Waals surface area contributed by atoms with Gasteiger partial charge in [-0.15, -0.1) is 0 Å². The number of hydrogen-bond donors (Lipinski definition) is 3. The van der Waals surface area contributed by atoms with E-state index in [4.69, 9.17) is 10.2 Å². The molecule has 0 bridgehead atoms. The lowest BCUT2D eigenvalue weighted by Gasteiger charge is -2.22. The van der Waals surface area contributed by atoms with Crippen LogP contribution in [0.3, 0.4) is 0 Å². The fraction of sp³-hybridized carbons (Fsp3) is 0.818. The van der Waals surface area contributed by atoms with Crippen LogP contribution in [-0.4, -0.2) is 57.4 Å². The molecule has 1 aliphatic heterocycles. The zero-order chi connectivity index (χ0) is 12.8. The average molecular weight is 245 g/mol. The number of amides is 1. The van der Waals surface area contributed by atoms with Gasteiger partial charge in [0.15, 0.2) is 0 Å². The predicted molar refractivity (Wildman–Crippen MR) is 59.3 cm³/mol. The van der Waals surface area contributed by atoms with Crippen molar-refractivity contribution in [3.63, 3.8) is 0 Å². The summed E-state index contributed by atoms with van der Waals surface area (Å²) in [5.74, 6) is -0.978. The normalized spacial score (nSPS) is 24.0. The Morgan fingerprint density at radius 1 is 1.24 bits per heavy atom. The molecule has 1 fully saturated rings. The largest absolute Gasteiger partial charge is 0.481 e. The number of aliphatic hydroxyl groups excluding tert-OH is 2. The molecule has 0 saturated carbocycles. The van der Waals surface area contributed by atoms with Gasteiger partial charge in [-0.3, -0.25) is 9.59 Å². The SMILES string of the molecule is O=C(O)CCCCC(=O)N1C[C@H](O)C[C@H]1CO. The van der Waals surface area contributed by atoms with Crippen molar-refractivity contribution in [2.45, 2.75) is 44.2 Å². The van der Waals surface area contributed by atoms with Crippen LogP contribution in [0.5, 0.6) is 0 Å². The zero-order valence-electron chi connectivity index (χ0n) is 9.71. The van der Waals surface area contributed by atoms with Crippen LogP contribution in [0.25, 0.3) is 0 Å². The maximum Gasteiger partial charge on any atom is 0.303 e. The molecule has 1 amide bonds. The maximum atomic E-state index is 11.8. The second-order valence-electron chi connectivity index (χ2n) is 4.37. The molecule has 17 heavy (non-hydrogen) atoms. The first kappa shape index (κ1) is 13.9. The van der Waals surface area contributed by atoms with E-state index in [1.165, 1.54) is 4.90 Å². The minimum absolute atomic E-state index is 0.0688. The number of β-amino-alcohol motifs (C(OH)–C–C–N with tert-alkyl or cyclic N) is 1. The van der Waals surface area contributed by atoms with Crippen LogP contribution < -0.4 is 0 Å². The molecule has 0 unspecified atom stereocenters. The van der Waals surface area contributed by atoms with Gasteiger partial charge < -0.3 is 20.2 Å². The monoisotopic (exact) mass is 245 g/mol. The van der Waals surface area contributed by atoms with Crippen molar-refractivity contribution in [1.29, 1.82) is 0 Å². The number of rotatable bonds is 6. The molecule has 1 saturated heterocycles. The second kappa shape index (κ2) is 6.56. The van der Waals surface area contributed by atoms with Crippen molar-refractivity contribution in [1.82, 2.24) is 4.90 Å². The fourth-order valence-electron chi connectivity index (χ4n) is 2.07. The van der Waals surface area contributed by atoms with Gasteiger partial charge in [0, 0.05) is 19.4 Å². The van der Waals surface area contributed by atoms with Gasteiger partial charge in [-0.05, 0) is 19.3 Å². The smallest absolute Gasteiger partial charge is 0.303 e. The van der Waals surface area contributed by atoms with Crippen LogP contribution in [0.4, 0.5) is 0 Å². The number of unbranched alkanes of at least 4 members (excludes halogenated alkanes) is 1. The summed E-state index contributed by atoms with van der Waals surface area (Å²) in [7, 11) is 0. The Morgan fingerprint density at radius 2 is 1.88 bits per heavy atom. The molecule has 0 aliphatic carbocycles. The van der Waals surface area contributed by atoms with Crippen LogP contribution in [0.15, 0.2) is 0 Å². The minimum atomic E-state index is -0.859. The number of nitrogens with zero attached hydrogens (tertiary/aromatic N) is 1. The third-order valence-corrected chi connectivity index (χ3v) is 2.95. The summed E-state index contributed by atoms with van der Waals surface area (Å²) in [5.41, 5.74) is 0. The first-order valence-electron chi connectivity index (χ1n) is 5.84. The van der Waals surface area contributed by atoms with Gasteiger partial charge in [0.05, 0.1) is 18.8 Å². The van der Waals surface area contributed by atoms with Crippen molar-refractivity contribution < 1.29 is 24.9 Å². The van der Waals surface area contributed by atoms with Crippen LogP contribution in [0.1, 0.15) is 32.1 Å². The van der Waals surface area contributed by atoms with Gasteiger partial charge in [-0.1, -0.05) is 0 Å². The lowest BCUT2D eigenvalue weighted by molar-refractivity contribution is -0.138. The molecular weight excluding hydrogens is 226 g/mol. The van der Waals surface area contributed by atoms with E-state index in [2.05, 4.69) is 0 Å². The number of carbonyl (C=O) groups excluding carboxylic acids is 1. The summed E-state index contributed by atoms with van der Waals surface area (Å²) in [5, 5.41) is 26.9. The second-order valence-corrected chi connectivity index (χ2v) is 4.37. The Labute approximate surface area is 99.8 Å². The molecule has 2 atom stereocenters. The van der Waals surface area contributed by atoms with Crippen molar-refractivity contribution in [3.05, 3.63) is 0 Å². The molecular formula is C11H19NO5. The maximum absolute atomic E-state index is 11.8. The van der Waals surface area contributed by atoms with Crippen LogP contribution in [0, 0.1) is 0 Å². The number of carboxylic acids is 1. The Bertz CT molecular complexity index is 281. The van der Waals surface area contributed by atoms with Gasteiger partial charge in [-0.25, -0.2) is 0 Å². The summed E-state index contributed by atoms with van der Waals surface area (Å²) < 4.78 is 0. The van der Waals surface area contributed by atoms with Crippen molar-refractivity contribution >= 4 is 11.9 Å². The summed E-state index contributed by atoms with van der Waals surface area (Å²) in [6.45, 7) is 0.126. The third kappa shape index (κ3) is 4.32. The summed E-state index contributed by atoms with van der Waals surface area (Å²) in [6.07, 6.45) is 1.19. The molecule has 1 aliphatic rings. The molecule has 0 radical (unpaired) electrons. The first-order valence-corrected chi connectivity index (χ1v) is 5.84.